The minimum Gasteiger partial charge on any atom is -0.497 e. The average Bonchev–Trinajstić information content (AvgIpc) is 3.72. The van der Waals surface area contributed by atoms with Gasteiger partial charge >= 0.3 is 12.1 Å². The lowest BCUT2D eigenvalue weighted by molar-refractivity contribution is -0.119. The van der Waals surface area contributed by atoms with Gasteiger partial charge in [0.25, 0.3) is 0 Å². The molecule has 5 atom stereocenters. The number of carbonyl (C=O) groups excluding carboxylic acids is 3. The van der Waals surface area contributed by atoms with E-state index in [0.29, 0.717) is 25.2 Å². The maximum Gasteiger partial charge on any atom is 0.407 e. The lowest BCUT2D eigenvalue weighted by Gasteiger charge is -2.35. The number of aliphatic hydroxyl groups is 1. The van der Waals surface area contributed by atoms with Crippen molar-refractivity contribution in [2.75, 3.05) is 53.6 Å². The lowest BCUT2D eigenvalue weighted by atomic mass is 9.89. The van der Waals surface area contributed by atoms with Gasteiger partial charge in [-0.3, -0.25) is 4.79 Å². The molecule has 0 radical (unpaired) electrons. The van der Waals surface area contributed by atoms with Crippen LogP contribution < -0.4 is 26.0 Å². The van der Waals surface area contributed by atoms with Gasteiger partial charge in [0.05, 0.1) is 49.8 Å². The molecule has 4 rings (SSSR count). The van der Waals surface area contributed by atoms with Crippen molar-refractivity contribution in [2.45, 2.75) is 62.5 Å². The zero-order chi connectivity index (χ0) is 36.3. The molecule has 15 nitrogen and oxygen atoms in total. The highest BCUT2D eigenvalue weighted by Crippen LogP contribution is 2.33. The quantitative estimate of drug-likeness (QED) is 0.160. The van der Waals surface area contributed by atoms with Gasteiger partial charge in [0.2, 0.25) is 15.9 Å². The van der Waals surface area contributed by atoms with Crippen LogP contribution in [0, 0.1) is 11.3 Å². The van der Waals surface area contributed by atoms with Gasteiger partial charge in [0.15, 0.2) is 6.29 Å². The standard InChI is InChI=1S/C34H49N5O10S/c1-34(2,15-16-36-32(42)37-19-30(41)35-3)22-39(50(44,45)25-12-10-24(46-4)11-13-25)20-28(40)27(18-23-8-6-5-7-9-23)38-33(43)49-29-21-48-31-26(29)14-17-47-31/h5-13,26-29,31,40H,14-22H2,1-4H3,(H,35,41)(H,38,43)(H2,36,37,42)/t26-,27+,28-,29-,31+/m1/s1. The Bertz CT molecular complexity index is 1530. The first-order valence-electron chi connectivity index (χ1n) is 16.6. The summed E-state index contributed by atoms with van der Waals surface area (Å²) in [7, 11) is -1.24. The van der Waals surface area contributed by atoms with E-state index in [9.17, 15) is 27.9 Å². The van der Waals surface area contributed by atoms with Gasteiger partial charge in [-0.25, -0.2) is 18.0 Å². The first kappa shape index (κ1) is 38.8. The summed E-state index contributed by atoms with van der Waals surface area (Å²) in [6.07, 6.45) is -1.78. The Balaban J connectivity index is 1.51. The zero-order valence-electron chi connectivity index (χ0n) is 28.9. The topological polar surface area (TPSA) is 194 Å². The predicted octanol–water partition coefficient (Wildman–Crippen LogP) is 1.61. The minimum absolute atomic E-state index is 0.00504. The monoisotopic (exact) mass is 719 g/mol. The van der Waals surface area contributed by atoms with Crippen molar-refractivity contribution in [3.05, 3.63) is 60.2 Å². The minimum atomic E-state index is -4.18. The summed E-state index contributed by atoms with van der Waals surface area (Å²) in [6, 6.07) is 13.7. The number of rotatable bonds is 17. The van der Waals surface area contributed by atoms with Gasteiger partial charge in [-0.15, -0.1) is 0 Å². The molecule has 2 fully saturated rings. The largest absolute Gasteiger partial charge is 0.497 e. The molecule has 276 valence electrons. The summed E-state index contributed by atoms with van der Waals surface area (Å²) in [6.45, 7) is 4.01. The molecule has 50 heavy (non-hydrogen) atoms. The first-order valence-corrected chi connectivity index (χ1v) is 18.0. The summed E-state index contributed by atoms with van der Waals surface area (Å²) in [4.78, 5) is 36.8. The third kappa shape index (κ3) is 11.0. The fourth-order valence-electron chi connectivity index (χ4n) is 5.88. The molecule has 2 aromatic rings. The number of sulfonamides is 1. The second-order valence-electron chi connectivity index (χ2n) is 13.1. The highest BCUT2D eigenvalue weighted by molar-refractivity contribution is 7.89. The Hall–Kier alpha value is -3.96. The van der Waals surface area contributed by atoms with Crippen molar-refractivity contribution >= 4 is 28.1 Å². The normalized spacial score (nSPS) is 20.0. The van der Waals surface area contributed by atoms with Gasteiger partial charge in [-0.2, -0.15) is 4.31 Å². The molecule has 5 N–H and O–H groups in total. The van der Waals surface area contributed by atoms with Crippen LogP contribution in [0.5, 0.6) is 5.75 Å². The molecule has 0 bridgehead atoms. The number of ether oxygens (including phenoxy) is 4. The second kappa shape index (κ2) is 17.8. The number of hydrogen-bond acceptors (Lipinski definition) is 10. The SMILES string of the molecule is CNC(=O)CNC(=O)NCCC(C)(C)CN(C[C@@H](O)[C@H](Cc1ccccc1)NC(=O)O[C@@H]1CO[C@@H]2OCC[C@@H]21)S(=O)(=O)c1ccc(OC)cc1. The van der Waals surface area contributed by atoms with E-state index in [1.807, 2.05) is 44.2 Å². The van der Waals surface area contributed by atoms with Crippen LogP contribution in [-0.2, 0) is 35.4 Å². The Morgan fingerprint density at radius 3 is 2.46 bits per heavy atom. The summed E-state index contributed by atoms with van der Waals surface area (Å²) < 4.78 is 51.6. The van der Waals surface area contributed by atoms with Crippen LogP contribution in [0.4, 0.5) is 9.59 Å². The molecule has 0 unspecified atom stereocenters. The Kier molecular flexibility index (Phi) is 13.8. The number of benzene rings is 2. The van der Waals surface area contributed by atoms with E-state index >= 15 is 0 Å². The summed E-state index contributed by atoms with van der Waals surface area (Å²) in [5.74, 6) is 0.0452. The lowest BCUT2D eigenvalue weighted by Crippen LogP contribution is -2.52. The van der Waals surface area contributed by atoms with Gasteiger partial charge in [-0.1, -0.05) is 44.2 Å². The van der Waals surface area contributed by atoms with Crippen molar-refractivity contribution in [1.29, 1.82) is 0 Å². The number of urea groups is 1. The van der Waals surface area contributed by atoms with Gasteiger partial charge < -0.3 is 45.3 Å². The number of nitrogens with zero attached hydrogens (tertiary/aromatic N) is 1. The molecule has 2 saturated heterocycles. The second-order valence-corrected chi connectivity index (χ2v) is 15.1. The number of nitrogens with one attached hydrogen (secondary N) is 4. The maximum atomic E-state index is 14.2. The molecule has 0 aromatic heterocycles. The fraction of sp³-hybridized carbons (Fsp3) is 0.559. The highest BCUT2D eigenvalue weighted by atomic mass is 32.2. The first-order chi connectivity index (χ1) is 23.8. The van der Waals surface area contributed by atoms with Crippen LogP contribution in [0.2, 0.25) is 0 Å². The Labute approximate surface area is 293 Å². The number of hydrogen-bond donors (Lipinski definition) is 5. The number of alkyl carbamates (subject to hydrolysis) is 1. The summed E-state index contributed by atoms with van der Waals surface area (Å²) >= 11 is 0. The third-order valence-electron chi connectivity index (χ3n) is 8.78. The van der Waals surface area contributed by atoms with Gasteiger partial charge in [0.1, 0.15) is 11.9 Å². The molecule has 0 saturated carbocycles. The van der Waals surface area contributed by atoms with E-state index in [2.05, 4.69) is 21.3 Å². The molecular formula is C34H49N5O10S. The summed E-state index contributed by atoms with van der Waals surface area (Å²) in [5, 5.41) is 22.1. The van der Waals surface area contributed by atoms with Crippen LogP contribution in [0.25, 0.3) is 0 Å². The number of methoxy groups -OCH3 is 1. The zero-order valence-corrected chi connectivity index (χ0v) is 29.7. The number of amides is 4. The number of likely N-dealkylation sites (N-methyl/N-ethyl adjacent to an activating group) is 1. The summed E-state index contributed by atoms with van der Waals surface area (Å²) in [5.41, 5.74) is 0.118. The molecule has 2 heterocycles. The number of fused-ring (bicyclic) bond motifs is 1. The van der Waals surface area contributed by atoms with Crippen LogP contribution in [0.3, 0.4) is 0 Å². The van der Waals surface area contributed by atoms with E-state index in [0.717, 1.165) is 5.56 Å². The number of aliphatic hydroxyl groups excluding tert-OH is 1. The number of carbonyl (C=O) groups is 3. The van der Waals surface area contributed by atoms with Crippen LogP contribution in [-0.4, -0.2) is 114 Å². The van der Waals surface area contributed by atoms with Crippen molar-refractivity contribution in [2.24, 2.45) is 11.3 Å². The van der Waals surface area contributed by atoms with E-state index in [1.165, 1.54) is 42.7 Å². The van der Waals surface area contributed by atoms with Crippen LogP contribution >= 0.6 is 0 Å². The average molecular weight is 720 g/mol. The molecule has 2 aromatic carbocycles. The van der Waals surface area contributed by atoms with Crippen LogP contribution in [0.1, 0.15) is 32.3 Å². The van der Waals surface area contributed by atoms with Gasteiger partial charge in [0, 0.05) is 26.7 Å². The molecule has 0 aliphatic carbocycles. The molecule has 0 spiro atoms. The molecule has 4 amide bonds. The predicted molar refractivity (Wildman–Crippen MR) is 183 cm³/mol. The molecular weight excluding hydrogens is 670 g/mol. The van der Waals surface area contributed by atoms with Crippen molar-refractivity contribution in [1.82, 2.24) is 25.6 Å². The van der Waals surface area contributed by atoms with Gasteiger partial charge in [-0.05, 0) is 54.5 Å². The molecule has 2 aliphatic rings. The van der Waals surface area contributed by atoms with E-state index < -0.39 is 52.1 Å². The van der Waals surface area contributed by atoms with Crippen molar-refractivity contribution < 1.29 is 46.9 Å². The van der Waals surface area contributed by atoms with Crippen molar-refractivity contribution in [3.63, 3.8) is 0 Å². The molecule has 2 aliphatic heterocycles. The van der Waals surface area contributed by atoms with E-state index in [4.69, 9.17) is 18.9 Å². The van der Waals surface area contributed by atoms with E-state index in [-0.39, 0.29) is 55.9 Å². The fourth-order valence-corrected chi connectivity index (χ4v) is 7.53. The van der Waals surface area contributed by atoms with E-state index in [1.54, 1.807) is 0 Å². The van der Waals surface area contributed by atoms with Crippen LogP contribution in [0.15, 0.2) is 59.5 Å². The Morgan fingerprint density at radius 1 is 1.06 bits per heavy atom. The smallest absolute Gasteiger partial charge is 0.407 e. The highest BCUT2D eigenvalue weighted by Gasteiger charge is 2.44. The third-order valence-corrected chi connectivity index (χ3v) is 10.6. The van der Waals surface area contributed by atoms with Crippen molar-refractivity contribution in [3.8, 4) is 5.75 Å². The Morgan fingerprint density at radius 2 is 1.78 bits per heavy atom. The maximum absolute atomic E-state index is 14.2. The molecule has 16 heteroatoms.